The van der Waals surface area contributed by atoms with Crippen molar-refractivity contribution in [3.8, 4) is 11.1 Å². The van der Waals surface area contributed by atoms with Crippen molar-refractivity contribution in [1.82, 2.24) is 0 Å². The molecule has 0 aliphatic heterocycles. The molecule has 0 aromatic heterocycles. The van der Waals surface area contributed by atoms with Crippen molar-refractivity contribution in [2.75, 3.05) is 0 Å². The first-order valence-electron chi connectivity index (χ1n) is 12.0. The maximum absolute atomic E-state index is 14.7. The Bertz CT molecular complexity index is 1060. The highest BCUT2D eigenvalue weighted by atomic mass is 35.5. The van der Waals surface area contributed by atoms with Crippen LogP contribution in [0.5, 0.6) is 0 Å². The highest BCUT2D eigenvalue weighted by Crippen LogP contribution is 2.38. The summed E-state index contributed by atoms with van der Waals surface area (Å²) in [6.45, 7) is 2.21. The van der Waals surface area contributed by atoms with Crippen LogP contribution in [0.15, 0.2) is 54.6 Å². The van der Waals surface area contributed by atoms with E-state index in [0.717, 1.165) is 37.0 Å². The zero-order chi connectivity index (χ0) is 23.4. The fourth-order valence-corrected chi connectivity index (χ4v) is 5.17. The maximum Gasteiger partial charge on any atom is 0.145 e. The summed E-state index contributed by atoms with van der Waals surface area (Å²) < 4.78 is 42.2. The number of benzene rings is 3. The molecule has 0 atom stereocenters. The van der Waals surface area contributed by atoms with E-state index in [0.29, 0.717) is 11.8 Å². The van der Waals surface area contributed by atoms with E-state index in [4.69, 9.17) is 11.6 Å². The lowest BCUT2D eigenvalue weighted by Gasteiger charge is -2.29. The van der Waals surface area contributed by atoms with Gasteiger partial charge in [0.15, 0.2) is 0 Å². The van der Waals surface area contributed by atoms with Crippen LogP contribution in [0.3, 0.4) is 0 Å². The zero-order valence-electron chi connectivity index (χ0n) is 19.0. The van der Waals surface area contributed by atoms with Crippen molar-refractivity contribution in [3.63, 3.8) is 0 Å². The molecule has 0 nitrogen and oxygen atoms in total. The predicted molar refractivity (Wildman–Crippen MR) is 130 cm³/mol. The average molecular weight is 471 g/mol. The third-order valence-corrected chi connectivity index (χ3v) is 7.37. The summed E-state index contributed by atoms with van der Waals surface area (Å²) in [6.07, 6.45) is 8.97. The molecule has 0 amide bonds. The lowest BCUT2D eigenvalue weighted by molar-refractivity contribution is 0.310. The van der Waals surface area contributed by atoms with Crippen molar-refractivity contribution in [2.24, 2.45) is 5.92 Å². The molecule has 0 saturated heterocycles. The lowest BCUT2D eigenvalue weighted by atomic mass is 9.76. The third-order valence-electron chi connectivity index (χ3n) is 7.01. The minimum absolute atomic E-state index is 0.152. The zero-order valence-corrected chi connectivity index (χ0v) is 19.8. The maximum atomic E-state index is 14.7. The first-order chi connectivity index (χ1) is 15.9. The highest BCUT2D eigenvalue weighted by Gasteiger charge is 2.22. The molecule has 1 saturated carbocycles. The SMILES string of the molecule is CCCc1ccc([C@H]2CC[C@H](CCc3ccc(-c4cc(F)c(Cl)c(F)c4)c(F)c3)CC2)cc1. The summed E-state index contributed by atoms with van der Waals surface area (Å²) in [5.41, 5.74) is 4.12. The molecule has 33 heavy (non-hydrogen) atoms. The standard InChI is InChI=1S/C29H30ClF3/c1-2-3-19-6-11-22(12-7-19)23-13-8-20(9-14-23)4-5-21-10-15-25(26(31)16-21)24-17-27(32)29(30)28(33)18-24/h6-7,10-12,15-18,20,23H,2-5,8-9,13-14H2,1H3/t20-,23-. The van der Waals surface area contributed by atoms with Crippen molar-refractivity contribution in [3.05, 3.63) is 93.8 Å². The van der Waals surface area contributed by atoms with Crippen LogP contribution in [0.1, 0.15) is 68.1 Å². The Morgan fingerprint density at radius 3 is 2.00 bits per heavy atom. The Balaban J connectivity index is 1.31. The van der Waals surface area contributed by atoms with Gasteiger partial charge in [-0.15, -0.1) is 0 Å². The van der Waals surface area contributed by atoms with Gasteiger partial charge in [0, 0.05) is 5.56 Å². The van der Waals surface area contributed by atoms with Crippen molar-refractivity contribution >= 4 is 11.6 Å². The van der Waals surface area contributed by atoms with Crippen LogP contribution in [-0.2, 0) is 12.8 Å². The molecule has 1 aliphatic carbocycles. The van der Waals surface area contributed by atoms with Gasteiger partial charge in [0.05, 0.1) is 0 Å². The van der Waals surface area contributed by atoms with Crippen molar-refractivity contribution in [1.29, 1.82) is 0 Å². The molecule has 4 rings (SSSR count). The van der Waals surface area contributed by atoms with Gasteiger partial charge >= 0.3 is 0 Å². The third kappa shape index (κ3) is 5.81. The van der Waals surface area contributed by atoms with E-state index in [1.807, 2.05) is 6.07 Å². The van der Waals surface area contributed by atoms with Crippen LogP contribution >= 0.6 is 11.6 Å². The summed E-state index contributed by atoms with van der Waals surface area (Å²) in [4.78, 5) is 0. The molecule has 3 aromatic carbocycles. The van der Waals surface area contributed by atoms with Gasteiger partial charge in [-0.3, -0.25) is 0 Å². The summed E-state index contributed by atoms with van der Waals surface area (Å²) >= 11 is 5.53. The van der Waals surface area contributed by atoms with Crippen LogP contribution < -0.4 is 0 Å². The first kappa shape index (κ1) is 23.9. The smallest absolute Gasteiger partial charge is 0.145 e. The van der Waals surface area contributed by atoms with Crippen LogP contribution in [-0.4, -0.2) is 0 Å². The van der Waals surface area contributed by atoms with E-state index in [-0.39, 0.29) is 11.1 Å². The molecule has 3 aromatic rings. The fraction of sp³-hybridized carbons (Fsp3) is 0.379. The minimum atomic E-state index is -0.886. The topological polar surface area (TPSA) is 0 Å². The van der Waals surface area contributed by atoms with E-state index in [1.165, 1.54) is 49.3 Å². The Morgan fingerprint density at radius 1 is 0.758 bits per heavy atom. The van der Waals surface area contributed by atoms with Crippen molar-refractivity contribution < 1.29 is 13.2 Å². The second kappa shape index (κ2) is 10.8. The van der Waals surface area contributed by atoms with Crippen molar-refractivity contribution in [2.45, 2.75) is 64.2 Å². The quantitative estimate of drug-likeness (QED) is 0.302. The number of hydrogen-bond acceptors (Lipinski definition) is 0. The van der Waals surface area contributed by atoms with Crippen LogP contribution in [0.2, 0.25) is 5.02 Å². The number of halogens is 4. The number of rotatable bonds is 7. The summed E-state index contributed by atoms with van der Waals surface area (Å²) in [6, 6.07) is 16.2. The Hall–Kier alpha value is -2.26. The van der Waals surface area contributed by atoms with E-state index in [2.05, 4.69) is 31.2 Å². The van der Waals surface area contributed by atoms with Crippen LogP contribution in [0.4, 0.5) is 13.2 Å². The van der Waals surface area contributed by atoms with E-state index < -0.39 is 22.5 Å². The molecule has 0 bridgehead atoms. The monoisotopic (exact) mass is 470 g/mol. The minimum Gasteiger partial charge on any atom is -0.206 e. The number of aryl methyl sites for hydroxylation is 2. The molecule has 1 fully saturated rings. The number of hydrogen-bond donors (Lipinski definition) is 0. The summed E-state index contributed by atoms with van der Waals surface area (Å²) in [5, 5.41) is -0.570. The normalized spacial score (nSPS) is 18.5. The molecule has 0 radical (unpaired) electrons. The van der Waals surface area contributed by atoms with E-state index in [9.17, 15) is 13.2 Å². The Morgan fingerprint density at radius 2 is 1.39 bits per heavy atom. The lowest BCUT2D eigenvalue weighted by Crippen LogP contribution is -2.14. The first-order valence-corrected chi connectivity index (χ1v) is 12.3. The van der Waals surface area contributed by atoms with Gasteiger partial charge < -0.3 is 0 Å². The predicted octanol–water partition coefficient (Wildman–Crippen LogP) is 9.28. The molecule has 4 heteroatoms. The Kier molecular flexibility index (Phi) is 7.80. The molecular formula is C29H30ClF3. The largest absolute Gasteiger partial charge is 0.206 e. The second-order valence-electron chi connectivity index (χ2n) is 9.32. The summed E-state index contributed by atoms with van der Waals surface area (Å²) in [7, 11) is 0. The molecule has 0 spiro atoms. The highest BCUT2D eigenvalue weighted by molar-refractivity contribution is 6.31. The van der Waals surface area contributed by atoms with Gasteiger partial charge in [0.1, 0.15) is 22.5 Å². The van der Waals surface area contributed by atoms with Gasteiger partial charge in [-0.05, 0) is 97.2 Å². The molecular weight excluding hydrogens is 441 g/mol. The average Bonchev–Trinajstić information content (AvgIpc) is 2.82. The van der Waals surface area contributed by atoms with E-state index in [1.54, 1.807) is 6.07 Å². The van der Waals surface area contributed by atoms with Gasteiger partial charge in [0.25, 0.3) is 0 Å². The van der Waals surface area contributed by atoms with Gasteiger partial charge in [-0.2, -0.15) is 0 Å². The molecule has 0 unspecified atom stereocenters. The van der Waals surface area contributed by atoms with Gasteiger partial charge in [-0.1, -0.05) is 61.3 Å². The van der Waals surface area contributed by atoms with Gasteiger partial charge in [0.2, 0.25) is 0 Å². The van der Waals surface area contributed by atoms with Crippen LogP contribution in [0, 0.1) is 23.4 Å². The second-order valence-corrected chi connectivity index (χ2v) is 9.69. The molecule has 174 valence electrons. The fourth-order valence-electron chi connectivity index (χ4n) is 5.06. The van der Waals surface area contributed by atoms with Crippen LogP contribution in [0.25, 0.3) is 11.1 Å². The molecule has 0 N–H and O–H groups in total. The molecule has 0 heterocycles. The van der Waals surface area contributed by atoms with E-state index >= 15 is 0 Å². The van der Waals surface area contributed by atoms with Gasteiger partial charge in [-0.25, -0.2) is 13.2 Å². The Labute approximate surface area is 199 Å². The molecule has 1 aliphatic rings. The summed E-state index contributed by atoms with van der Waals surface area (Å²) in [5.74, 6) is -0.939.